The molecule has 0 radical (unpaired) electrons. The topological polar surface area (TPSA) is 132 Å². The molecule has 6 N–H and O–H groups in total. The average molecular weight is 2000 g/mol. The van der Waals surface area contributed by atoms with E-state index in [2.05, 4.69) is 120 Å². The van der Waals surface area contributed by atoms with Crippen LogP contribution in [0.4, 0.5) is 17.7 Å². The van der Waals surface area contributed by atoms with Crippen LogP contribution < -0.4 is 5.96 Å². The summed E-state index contributed by atoms with van der Waals surface area (Å²) < 4.78 is 60.3. The maximum Gasteiger partial charge on any atom is 0.118 e. The second-order valence-corrected chi connectivity index (χ2v) is 52.4. The molecular weight excluding hydrogens is 1760 g/mol. The van der Waals surface area contributed by atoms with Gasteiger partial charge in [0.15, 0.2) is 0 Å². The van der Waals surface area contributed by atoms with Gasteiger partial charge < -0.3 is 29.9 Å². The molecule has 37 atom stereocenters. The van der Waals surface area contributed by atoms with E-state index in [1.54, 1.807) is 22.3 Å². The molecule has 0 aromatic rings. The van der Waals surface area contributed by atoms with Gasteiger partial charge in [0.1, 0.15) is 20.0 Å². The fourth-order valence-electron chi connectivity index (χ4n) is 39.7. The number of allylic oxidation sites excluding steroid dienone is 8. The van der Waals surface area contributed by atoms with Gasteiger partial charge in [-0.3, -0.25) is 0 Å². The number of unbranched alkanes of at least 4 members (excludes halogenated alkanes) is 10. The Morgan fingerprint density at radius 3 is 0.739 bits per heavy atom. The molecule has 2 aliphatic heterocycles. The van der Waals surface area contributed by atoms with E-state index >= 15 is 0 Å². The van der Waals surface area contributed by atoms with Gasteiger partial charge in [0, 0.05) is 0 Å². The van der Waals surface area contributed by atoms with Gasteiger partial charge in [-0.15, -0.1) is 4.48 Å². The van der Waals surface area contributed by atoms with Gasteiger partial charge >= 0.3 is 0 Å². The van der Waals surface area contributed by atoms with Crippen molar-refractivity contribution in [2.45, 2.75) is 571 Å². The first-order valence-corrected chi connectivity index (χ1v) is 58.2. The molecule has 22 fully saturated rings. The van der Waals surface area contributed by atoms with Crippen molar-refractivity contribution in [3.63, 3.8) is 0 Å². The van der Waals surface area contributed by atoms with E-state index in [0.717, 1.165) is 170 Å². The van der Waals surface area contributed by atoms with Crippen molar-refractivity contribution in [3.05, 3.63) is 46.6 Å². The van der Waals surface area contributed by atoms with Crippen LogP contribution in [0.5, 0.6) is 0 Å². The molecule has 836 valence electrons. The summed E-state index contributed by atoms with van der Waals surface area (Å²) in [5.74, 6) is 25.4. The van der Waals surface area contributed by atoms with Crippen LogP contribution in [-0.2, 0) is 9.47 Å². The third-order valence-corrected chi connectivity index (χ3v) is 46.7. The van der Waals surface area contributed by atoms with Crippen LogP contribution in [0, 0.1) is 181 Å². The smallest absolute Gasteiger partial charge is 0.118 e. The first kappa shape index (κ1) is 131. The zero-order chi connectivity index (χ0) is 94.0. The Kier molecular flexibility index (Phi) is 51.1. The predicted molar refractivity (Wildman–Crippen MR) is 607 cm³/mol. The predicted octanol–water partition coefficient (Wildman–Crippen LogP) is 38.5. The Morgan fingerprint density at radius 1 is 0.289 bits per heavy atom. The van der Waals surface area contributed by atoms with Crippen LogP contribution in [0.2, 0.25) is 0 Å². The number of aliphatic hydroxyl groups is 4. The number of hydrogen-bond acceptors (Lipinski definition) is 7. The van der Waals surface area contributed by atoms with Crippen LogP contribution in [0.15, 0.2) is 46.6 Å². The minimum atomic E-state index is -1.03. The van der Waals surface area contributed by atoms with Crippen molar-refractivity contribution in [2.24, 2.45) is 187 Å². The van der Waals surface area contributed by atoms with E-state index in [0.29, 0.717) is 93.5 Å². The van der Waals surface area contributed by atoms with Crippen molar-refractivity contribution >= 4 is 0 Å². The van der Waals surface area contributed by atoms with Gasteiger partial charge in [-0.25, -0.2) is 13.2 Å². The Morgan fingerprint density at radius 2 is 0.514 bits per heavy atom. The lowest BCUT2D eigenvalue weighted by atomic mass is 9.49. The maximum atomic E-state index is 13.2. The second-order valence-electron chi connectivity index (χ2n) is 52.4. The Labute approximate surface area is 880 Å². The van der Waals surface area contributed by atoms with Gasteiger partial charge in [0.25, 0.3) is 0 Å². The lowest BCUT2D eigenvalue weighted by molar-refractivity contribution is -0.116. The molecule has 0 amide bonds. The van der Waals surface area contributed by atoms with Crippen molar-refractivity contribution in [1.82, 2.24) is 0 Å². The molecule has 142 heavy (non-hydrogen) atoms. The largest absolute Gasteiger partial charge is 0.393 e. The third kappa shape index (κ3) is 26.4. The summed E-state index contributed by atoms with van der Waals surface area (Å²) in [6, 6.07) is 0. The van der Waals surface area contributed by atoms with E-state index in [1.807, 2.05) is 6.92 Å². The van der Waals surface area contributed by atoms with Crippen LogP contribution in [0.25, 0.3) is 0 Å². The van der Waals surface area contributed by atoms with Gasteiger partial charge in [0.2, 0.25) is 0 Å². The molecule has 22 rings (SSSR count). The summed E-state index contributed by atoms with van der Waals surface area (Å²) in [4.78, 5) is 0. The van der Waals surface area contributed by atoms with Gasteiger partial charge in [0.05, 0.1) is 47.3 Å². The normalized spacial score (nSPS) is 46.2. The zero-order valence-electron chi connectivity index (χ0n) is 87.4. The molecule has 11 heteroatoms. The lowest BCUT2D eigenvalue weighted by Gasteiger charge is -2.57. The molecule has 2 saturated heterocycles. The number of alkyl halides is 3. The number of halogens is 4. The summed E-state index contributed by atoms with van der Waals surface area (Å²) in [6.07, 6.45) is 83.6. The van der Waals surface area contributed by atoms with E-state index in [-0.39, 0.29) is 80.4 Å². The van der Waals surface area contributed by atoms with Crippen LogP contribution in [0.1, 0.15) is 537 Å². The molecule has 2 spiro atoms. The highest BCUT2D eigenvalue weighted by Crippen LogP contribution is 2.72. The molecule has 0 aromatic carbocycles. The summed E-state index contributed by atoms with van der Waals surface area (Å²) in [6.45, 7) is 33.3. The number of ether oxygens (including phenoxy) is 2. The first-order chi connectivity index (χ1) is 63.5. The summed E-state index contributed by atoms with van der Waals surface area (Å²) in [5.41, 5.74) is 7.18. The van der Waals surface area contributed by atoms with Gasteiger partial charge in [-0.1, -0.05) is 260 Å². The SMILES string of the molecule is C.C.C.C.C.C.C.C.C.C.CC(O)[C@H]1CC[C@H]2[C@@H]3CC[C@@H]4C[C@](O)(CF)CC[C@@H]4[C@H]3CC[C@]12C.CC=C1CC[C@H]2[C@@H]3CC[C@@H]4C[C@@](O)(CF)CC[C@@H]4[C@H]3CC[C@]12C.CC=C1CC[C@H]2[C@@H]3CC[C@@H]4C[C@@]5(CC[C@@H]4[C@H]3CC[C@]12C)CO5.CC=C1CC[C@H]2[C@@H]3CC[C@@H]4C[C@](O)(CF)CC[C@@H]4[C@H]3CC[C@]12C.CC=C1CC[C@H]2[C@@H]3CC[C@@H]4C[C@]5(CC[C@@H]4[C@H]3CC[C@]12C)CO5.CCCCCCCC.CCCCCCCC.NF. The summed E-state index contributed by atoms with van der Waals surface area (Å²) in [5, 5.41) is 41.4. The third-order valence-electron chi connectivity index (χ3n) is 46.7. The average Bonchev–Trinajstić information content (AvgIpc) is 1.54. The highest BCUT2D eigenvalue weighted by Gasteiger charge is 2.65. The lowest BCUT2D eigenvalue weighted by Crippen LogP contribution is -2.52. The van der Waals surface area contributed by atoms with Gasteiger partial charge in [-0.05, 0) is 504 Å². The number of hydrogen-bond donors (Lipinski definition) is 5. The standard InChI is InChI=1S/C21H35FO2.2C21H33FO.2C21H32O.2C8H18.10CH4.FH2N/c1-13(23)18-5-6-19-17-4-3-14-11-21(24,12-22)10-8-15(14)16(17)7-9-20(18,19)2;2*1-3-15-5-7-19-18-6-4-14-12-21(23,13-22)11-9-16(14)17(18)8-10-20(15,19)2;2*1-3-15-5-7-19-18-6-4-14-12-21(13-22-21)11-9-16(14)17(18)8-10-20(15,19)2;2*1-3-5-7-8-6-4-2;;;;;;;;;;;1-2/h13-19,23-24H,3-12H2,1-2H3;2*3,14,16-19,23H,4-13H2,1-2H3;2*3,14,16-19H,4-13H2,1-2H3;2*3-8H2,1-2H3;10*1H4;2H2/t13?,14-,15+,16-,17-,18-,19+,20-,21+;14-,16+,17-,18-,19+,20-,21+;14-,16+,17-,18-,19+,20-,21-;14-,16+,17-,18-,19+,20-,21+;14-,16+,17-,18-,19+,20-,21-;;;;;;;;;;;;;/m11111............./s1. The van der Waals surface area contributed by atoms with E-state index in [4.69, 9.17) is 14.0 Å². The van der Waals surface area contributed by atoms with E-state index in [1.165, 1.54) is 308 Å². The summed E-state index contributed by atoms with van der Waals surface area (Å²) in [7, 11) is 0. The van der Waals surface area contributed by atoms with Crippen LogP contribution >= 0.6 is 0 Å². The molecule has 1 unspecified atom stereocenters. The van der Waals surface area contributed by atoms with Crippen LogP contribution in [-0.4, -0.2) is 87.8 Å². The molecule has 2 heterocycles. The molecule has 20 saturated carbocycles. The number of fused-ring (bicyclic) bond motifs is 25. The number of aliphatic hydroxyl groups excluding tert-OH is 1. The highest BCUT2D eigenvalue weighted by molar-refractivity contribution is 5.28. The van der Waals surface area contributed by atoms with Crippen molar-refractivity contribution in [3.8, 4) is 0 Å². The molecule has 0 bridgehead atoms. The quantitative estimate of drug-likeness (QED) is 0.0385. The Balaban J connectivity index is 0.000000295. The van der Waals surface area contributed by atoms with E-state index in [9.17, 15) is 33.6 Å². The number of epoxide rings is 2. The van der Waals surface area contributed by atoms with E-state index < -0.39 is 36.8 Å². The van der Waals surface area contributed by atoms with Gasteiger partial charge in [-0.2, -0.15) is 5.96 Å². The van der Waals surface area contributed by atoms with Crippen LogP contribution in [0.3, 0.4) is 0 Å². The zero-order valence-corrected chi connectivity index (χ0v) is 87.4. The fourth-order valence-corrected chi connectivity index (χ4v) is 39.7. The number of nitrogens with two attached hydrogens (primary N) is 1. The molecule has 20 aliphatic carbocycles. The number of rotatable bonds is 14. The minimum absolute atomic E-state index is 0. The molecular formula is C131H243F4NO6. The minimum Gasteiger partial charge on any atom is -0.393 e. The van der Waals surface area contributed by atoms with Crippen molar-refractivity contribution in [2.75, 3.05) is 33.2 Å². The maximum absolute atomic E-state index is 13.2. The Bertz CT molecular complexity index is 3570. The van der Waals surface area contributed by atoms with Crippen molar-refractivity contribution in [1.29, 1.82) is 0 Å². The first-order valence-electron chi connectivity index (χ1n) is 58.2. The van der Waals surface area contributed by atoms with Crippen molar-refractivity contribution < 1.29 is 47.6 Å². The molecule has 0 aromatic heterocycles. The Hall–Kier alpha value is -1.60. The monoisotopic (exact) mass is 2000 g/mol. The second kappa shape index (κ2) is 55.5. The fraction of sp³-hybridized carbons (Fsp3) is 0.939. The highest BCUT2D eigenvalue weighted by atomic mass is 19.2. The molecule has 7 nitrogen and oxygen atoms in total. The molecule has 22 aliphatic rings. The summed E-state index contributed by atoms with van der Waals surface area (Å²) >= 11 is 0.